The SMILES string of the molecule is C=COC=C.CC(C)C. The average molecular weight is 128 g/mol. The molecular formula is C8H16O. The Labute approximate surface area is 58.0 Å². The van der Waals surface area contributed by atoms with E-state index in [2.05, 4.69) is 38.7 Å². The second-order valence-corrected chi connectivity index (χ2v) is 2.20. The highest BCUT2D eigenvalue weighted by Crippen LogP contribution is 1.81. The first-order valence-corrected chi connectivity index (χ1v) is 3.02. The third-order valence-electron chi connectivity index (χ3n) is 0.192. The van der Waals surface area contributed by atoms with Gasteiger partial charge in [-0.3, -0.25) is 0 Å². The molecule has 0 amide bonds. The van der Waals surface area contributed by atoms with E-state index >= 15 is 0 Å². The molecule has 0 saturated carbocycles. The van der Waals surface area contributed by atoms with Crippen molar-refractivity contribution in [2.24, 2.45) is 5.92 Å². The smallest absolute Gasteiger partial charge is 0.0829 e. The monoisotopic (exact) mass is 128 g/mol. The van der Waals surface area contributed by atoms with Gasteiger partial charge in [0.25, 0.3) is 0 Å². The standard InChI is InChI=1S/C4H6O.C4H10/c1-3-5-4-2;1-4(2)3/h3-4H,1-2H2;4H,1-3H3. The number of rotatable bonds is 2. The summed E-state index contributed by atoms with van der Waals surface area (Å²) in [5.41, 5.74) is 0. The maximum absolute atomic E-state index is 4.36. The lowest BCUT2D eigenvalue weighted by atomic mass is 10.3. The zero-order valence-electron chi connectivity index (χ0n) is 6.55. The van der Waals surface area contributed by atoms with Crippen LogP contribution in [0.15, 0.2) is 25.7 Å². The van der Waals surface area contributed by atoms with Crippen molar-refractivity contribution in [3.8, 4) is 0 Å². The van der Waals surface area contributed by atoms with Crippen molar-refractivity contribution in [2.75, 3.05) is 0 Å². The summed E-state index contributed by atoms with van der Waals surface area (Å²) in [5, 5.41) is 0. The zero-order chi connectivity index (χ0) is 7.70. The van der Waals surface area contributed by atoms with E-state index in [1.54, 1.807) is 0 Å². The highest BCUT2D eigenvalue weighted by molar-refractivity contribution is 4.57. The minimum Gasteiger partial charge on any atom is -0.474 e. The minimum absolute atomic E-state index is 0.833. The molecule has 0 aromatic carbocycles. The van der Waals surface area contributed by atoms with Gasteiger partial charge in [-0.05, 0) is 5.92 Å². The molecule has 0 unspecified atom stereocenters. The molecule has 0 atom stereocenters. The largest absolute Gasteiger partial charge is 0.474 e. The van der Waals surface area contributed by atoms with Crippen molar-refractivity contribution in [3.63, 3.8) is 0 Å². The van der Waals surface area contributed by atoms with Crippen LogP contribution >= 0.6 is 0 Å². The Morgan fingerprint density at radius 1 is 1.11 bits per heavy atom. The first kappa shape index (κ1) is 11.1. The van der Waals surface area contributed by atoms with Gasteiger partial charge in [-0.2, -0.15) is 0 Å². The molecule has 0 aliphatic rings. The van der Waals surface area contributed by atoms with Gasteiger partial charge in [-0.25, -0.2) is 0 Å². The van der Waals surface area contributed by atoms with Gasteiger partial charge >= 0.3 is 0 Å². The molecule has 0 saturated heterocycles. The fraction of sp³-hybridized carbons (Fsp3) is 0.500. The van der Waals surface area contributed by atoms with Gasteiger partial charge in [0.15, 0.2) is 0 Å². The van der Waals surface area contributed by atoms with Crippen molar-refractivity contribution in [1.29, 1.82) is 0 Å². The van der Waals surface area contributed by atoms with Crippen LogP contribution in [-0.2, 0) is 4.74 Å². The quantitative estimate of drug-likeness (QED) is 0.519. The van der Waals surface area contributed by atoms with E-state index in [-0.39, 0.29) is 0 Å². The third kappa shape index (κ3) is 124. The average Bonchev–Trinajstić information content (AvgIpc) is 1.66. The molecule has 0 rings (SSSR count). The van der Waals surface area contributed by atoms with Crippen LogP contribution in [0.1, 0.15) is 20.8 Å². The molecule has 0 aromatic heterocycles. The van der Waals surface area contributed by atoms with Crippen LogP contribution in [0.5, 0.6) is 0 Å². The van der Waals surface area contributed by atoms with Gasteiger partial charge in [0.2, 0.25) is 0 Å². The first-order valence-electron chi connectivity index (χ1n) is 3.02. The molecule has 0 aliphatic heterocycles. The van der Waals surface area contributed by atoms with Crippen LogP contribution in [-0.4, -0.2) is 0 Å². The van der Waals surface area contributed by atoms with Gasteiger partial charge in [-0.15, -0.1) is 0 Å². The van der Waals surface area contributed by atoms with Crippen molar-refractivity contribution in [3.05, 3.63) is 25.7 Å². The molecule has 0 spiro atoms. The predicted molar refractivity (Wildman–Crippen MR) is 42.0 cm³/mol. The molecule has 0 N–H and O–H groups in total. The van der Waals surface area contributed by atoms with Crippen molar-refractivity contribution >= 4 is 0 Å². The Hall–Kier alpha value is -0.720. The lowest BCUT2D eigenvalue weighted by Crippen LogP contribution is -1.66. The van der Waals surface area contributed by atoms with Crippen molar-refractivity contribution in [1.82, 2.24) is 0 Å². The van der Waals surface area contributed by atoms with Crippen LogP contribution in [0.3, 0.4) is 0 Å². The van der Waals surface area contributed by atoms with Gasteiger partial charge in [-0.1, -0.05) is 33.9 Å². The maximum Gasteiger partial charge on any atom is 0.0829 e. The van der Waals surface area contributed by atoms with Gasteiger partial charge in [0, 0.05) is 0 Å². The Morgan fingerprint density at radius 2 is 1.33 bits per heavy atom. The highest BCUT2D eigenvalue weighted by atomic mass is 16.5. The second-order valence-electron chi connectivity index (χ2n) is 2.20. The van der Waals surface area contributed by atoms with Crippen LogP contribution in [0, 0.1) is 5.92 Å². The van der Waals surface area contributed by atoms with E-state index in [1.807, 2.05) is 0 Å². The Kier molecular flexibility index (Phi) is 12.7. The lowest BCUT2D eigenvalue weighted by Gasteiger charge is -1.79. The molecule has 0 heterocycles. The summed E-state index contributed by atoms with van der Waals surface area (Å²) in [6.07, 6.45) is 2.62. The third-order valence-corrected chi connectivity index (χ3v) is 0.192. The zero-order valence-corrected chi connectivity index (χ0v) is 6.55. The molecule has 0 fully saturated rings. The summed E-state index contributed by atoms with van der Waals surface area (Å²) in [7, 11) is 0. The number of hydrogen-bond donors (Lipinski definition) is 0. The fourth-order valence-corrected chi connectivity index (χ4v) is 0.0680. The normalized spacial score (nSPS) is 7.11. The molecule has 0 aromatic rings. The van der Waals surface area contributed by atoms with Crippen molar-refractivity contribution in [2.45, 2.75) is 20.8 Å². The molecule has 0 radical (unpaired) electrons. The molecule has 0 aliphatic carbocycles. The van der Waals surface area contributed by atoms with Gasteiger partial charge in [0.05, 0.1) is 12.5 Å². The van der Waals surface area contributed by atoms with Crippen LogP contribution in [0.4, 0.5) is 0 Å². The first-order chi connectivity index (χ1) is 4.15. The lowest BCUT2D eigenvalue weighted by molar-refractivity contribution is 0.406. The van der Waals surface area contributed by atoms with Crippen molar-refractivity contribution < 1.29 is 4.74 Å². The Bertz CT molecular complexity index is 56.2. The van der Waals surface area contributed by atoms with E-state index < -0.39 is 0 Å². The van der Waals surface area contributed by atoms with E-state index in [1.165, 1.54) is 12.5 Å². The van der Waals surface area contributed by atoms with E-state index in [9.17, 15) is 0 Å². The fourth-order valence-electron chi connectivity index (χ4n) is 0.0680. The summed E-state index contributed by atoms with van der Waals surface area (Å²) >= 11 is 0. The van der Waals surface area contributed by atoms with Crippen LogP contribution < -0.4 is 0 Å². The highest BCUT2D eigenvalue weighted by Gasteiger charge is 1.68. The maximum atomic E-state index is 4.36. The molecule has 54 valence electrons. The predicted octanol–water partition coefficient (Wildman–Crippen LogP) is 2.95. The van der Waals surface area contributed by atoms with Gasteiger partial charge < -0.3 is 4.74 Å². The van der Waals surface area contributed by atoms with E-state index in [0.717, 1.165) is 5.92 Å². The summed E-state index contributed by atoms with van der Waals surface area (Å²) in [6.45, 7) is 13.0. The van der Waals surface area contributed by atoms with Crippen LogP contribution in [0.2, 0.25) is 0 Å². The topological polar surface area (TPSA) is 9.23 Å². The van der Waals surface area contributed by atoms with Crippen LogP contribution in [0.25, 0.3) is 0 Å². The van der Waals surface area contributed by atoms with E-state index in [0.29, 0.717) is 0 Å². The summed E-state index contributed by atoms with van der Waals surface area (Å²) < 4.78 is 4.36. The Balaban J connectivity index is 0. The minimum atomic E-state index is 0.833. The molecule has 9 heavy (non-hydrogen) atoms. The second kappa shape index (κ2) is 10.3. The number of ether oxygens (including phenoxy) is 1. The summed E-state index contributed by atoms with van der Waals surface area (Å²) in [5.74, 6) is 0.833. The Morgan fingerprint density at radius 3 is 1.33 bits per heavy atom. The molecule has 1 heteroatoms. The molecular weight excluding hydrogens is 112 g/mol. The number of hydrogen-bond acceptors (Lipinski definition) is 1. The molecule has 0 bridgehead atoms. The van der Waals surface area contributed by atoms with Gasteiger partial charge in [0.1, 0.15) is 0 Å². The van der Waals surface area contributed by atoms with E-state index in [4.69, 9.17) is 0 Å². The summed E-state index contributed by atoms with van der Waals surface area (Å²) in [6, 6.07) is 0. The molecule has 1 nitrogen and oxygen atoms in total. The summed E-state index contributed by atoms with van der Waals surface area (Å²) in [4.78, 5) is 0.